The summed E-state index contributed by atoms with van der Waals surface area (Å²) in [5, 5.41) is 10.1. The Morgan fingerprint density at radius 3 is 1.62 bits per heavy atom. The van der Waals surface area contributed by atoms with E-state index < -0.39 is 5.97 Å². The number of halogens is 1. The van der Waals surface area contributed by atoms with Gasteiger partial charge in [0.1, 0.15) is 0 Å². The molecule has 0 N–H and O–H groups in total. The van der Waals surface area contributed by atoms with Crippen LogP contribution < -0.4 is 29.1 Å². The van der Waals surface area contributed by atoms with E-state index in [1.165, 1.54) is 44.9 Å². The smallest absolute Gasteiger partial charge is 1.00 e. The van der Waals surface area contributed by atoms with Gasteiger partial charge < -0.3 is 33.9 Å². The fourth-order valence-electron chi connectivity index (χ4n) is 1.58. The number of hydrogen-bond donors (Lipinski definition) is 0. The number of carbonyl (C=O) groups excluding carboxylic acids is 1. The summed E-state index contributed by atoms with van der Waals surface area (Å²) in [5.41, 5.74) is 0. The van der Waals surface area contributed by atoms with Crippen LogP contribution in [0.2, 0.25) is 0 Å². The first kappa shape index (κ1) is 22.0. The van der Waals surface area contributed by atoms with Crippen LogP contribution in [-0.4, -0.2) is 5.97 Å². The summed E-state index contributed by atoms with van der Waals surface area (Å²) < 4.78 is 0. The fraction of sp³-hybridized carbons (Fsp3) is 0.917. The van der Waals surface area contributed by atoms with E-state index in [-0.39, 0.29) is 49.9 Å². The van der Waals surface area contributed by atoms with Crippen molar-refractivity contribution in [3.8, 4) is 0 Å². The molecule has 4 heteroatoms. The molecule has 0 aromatic rings. The van der Waals surface area contributed by atoms with Gasteiger partial charge in [-0.3, -0.25) is 0 Å². The molecule has 0 rings (SSSR count). The number of carboxylic acids is 1. The van der Waals surface area contributed by atoms with E-state index >= 15 is 0 Å². The molecule has 0 unspecified atom stereocenters. The Morgan fingerprint density at radius 2 is 1.25 bits per heavy atom. The van der Waals surface area contributed by atoms with Crippen LogP contribution in [0.15, 0.2) is 0 Å². The predicted molar refractivity (Wildman–Crippen MR) is 56.9 cm³/mol. The average Bonchev–Trinajstić information content (AvgIpc) is 2.15. The van der Waals surface area contributed by atoms with Crippen molar-refractivity contribution in [3.05, 3.63) is 0 Å². The third-order valence-corrected chi connectivity index (χ3v) is 2.48. The average molecular weight is 392 g/mol. The van der Waals surface area contributed by atoms with Gasteiger partial charge in [0.25, 0.3) is 0 Å². The molecule has 0 aliphatic carbocycles. The fourth-order valence-corrected chi connectivity index (χ4v) is 1.58. The Labute approximate surface area is 130 Å². The first-order chi connectivity index (χ1) is 6.77. The van der Waals surface area contributed by atoms with Gasteiger partial charge in [-0.15, -0.1) is 0 Å². The Kier molecular flexibility index (Phi) is 25.1. The summed E-state index contributed by atoms with van der Waals surface area (Å²) in [7, 11) is 0. The molecule has 0 spiro atoms. The zero-order valence-electron chi connectivity index (χ0n) is 10.5. The monoisotopic (exact) mass is 390 g/mol. The maximum Gasteiger partial charge on any atom is 2.00 e. The molecular formula is C12H23IO2Zn. The number of rotatable bonds is 10. The Hall–Kier alpha value is 0.823. The Bertz CT molecular complexity index is 143. The predicted octanol–water partition coefficient (Wildman–Crippen LogP) is -0.341. The van der Waals surface area contributed by atoms with Crippen LogP contribution >= 0.6 is 0 Å². The van der Waals surface area contributed by atoms with Crippen molar-refractivity contribution < 1.29 is 53.4 Å². The van der Waals surface area contributed by atoms with Gasteiger partial charge in [-0.1, -0.05) is 58.3 Å². The van der Waals surface area contributed by atoms with Gasteiger partial charge in [0.2, 0.25) is 0 Å². The van der Waals surface area contributed by atoms with E-state index in [4.69, 9.17) is 0 Å². The first-order valence-corrected chi connectivity index (χ1v) is 5.97. The number of hydrogen-bond acceptors (Lipinski definition) is 2. The quantitative estimate of drug-likeness (QED) is 0.290. The van der Waals surface area contributed by atoms with Crippen LogP contribution in [0.25, 0.3) is 0 Å². The molecule has 0 bridgehead atoms. The van der Waals surface area contributed by atoms with Crippen molar-refractivity contribution in [2.24, 2.45) is 0 Å². The topological polar surface area (TPSA) is 40.1 Å². The second kappa shape index (κ2) is 18.2. The van der Waals surface area contributed by atoms with Crippen LogP contribution in [0.4, 0.5) is 0 Å². The summed E-state index contributed by atoms with van der Waals surface area (Å²) in [6.07, 6.45) is 11.2. The summed E-state index contributed by atoms with van der Waals surface area (Å²) in [5.74, 6) is -0.909. The summed E-state index contributed by atoms with van der Waals surface area (Å²) in [4.78, 5) is 10.1. The molecular weight excluding hydrogens is 368 g/mol. The molecule has 0 aliphatic rings. The van der Waals surface area contributed by atoms with E-state index in [0.29, 0.717) is 0 Å². The molecule has 0 heterocycles. The normalized spacial score (nSPS) is 9.06. The summed E-state index contributed by atoms with van der Waals surface area (Å²) in [6.45, 7) is 2.22. The second-order valence-electron chi connectivity index (χ2n) is 3.95. The van der Waals surface area contributed by atoms with Gasteiger partial charge in [-0.05, 0) is 12.8 Å². The van der Waals surface area contributed by atoms with Crippen LogP contribution in [-0.2, 0) is 24.3 Å². The maximum absolute atomic E-state index is 10.1. The maximum atomic E-state index is 10.1. The number of carboxylic acid groups (broad SMARTS) is 1. The molecule has 0 fully saturated rings. The minimum atomic E-state index is -0.909. The Balaban J connectivity index is -0.000000845. The molecule has 0 amide bonds. The van der Waals surface area contributed by atoms with Gasteiger partial charge >= 0.3 is 19.5 Å². The third-order valence-electron chi connectivity index (χ3n) is 2.48. The largest absolute Gasteiger partial charge is 2.00 e. The molecule has 0 aromatic heterocycles. The SMILES string of the molecule is CCCCCCCCCCCC(=O)[O-].[I-].[Zn+2]. The van der Waals surface area contributed by atoms with Gasteiger partial charge in [0.15, 0.2) is 0 Å². The van der Waals surface area contributed by atoms with Crippen molar-refractivity contribution in [2.75, 3.05) is 0 Å². The van der Waals surface area contributed by atoms with Gasteiger partial charge in [0.05, 0.1) is 0 Å². The van der Waals surface area contributed by atoms with Crippen molar-refractivity contribution in [1.82, 2.24) is 0 Å². The minimum Gasteiger partial charge on any atom is -1.00 e. The van der Waals surface area contributed by atoms with Crippen LogP contribution in [0.1, 0.15) is 71.1 Å². The first-order valence-electron chi connectivity index (χ1n) is 5.97. The van der Waals surface area contributed by atoms with Crippen LogP contribution in [0.5, 0.6) is 0 Å². The third kappa shape index (κ3) is 20.3. The molecule has 0 radical (unpaired) electrons. The van der Waals surface area contributed by atoms with Gasteiger partial charge in [0, 0.05) is 5.97 Å². The summed E-state index contributed by atoms with van der Waals surface area (Å²) >= 11 is 0. The zero-order chi connectivity index (χ0) is 10.6. The zero-order valence-corrected chi connectivity index (χ0v) is 15.6. The number of aliphatic carboxylic acids is 1. The van der Waals surface area contributed by atoms with Crippen LogP contribution in [0.3, 0.4) is 0 Å². The molecule has 0 saturated carbocycles. The molecule has 92 valence electrons. The van der Waals surface area contributed by atoms with Crippen molar-refractivity contribution in [2.45, 2.75) is 71.1 Å². The molecule has 16 heavy (non-hydrogen) atoms. The van der Waals surface area contributed by atoms with E-state index in [1.54, 1.807) is 0 Å². The van der Waals surface area contributed by atoms with Crippen LogP contribution in [0, 0.1) is 0 Å². The molecule has 0 atom stereocenters. The second-order valence-corrected chi connectivity index (χ2v) is 3.95. The Morgan fingerprint density at radius 1 is 0.875 bits per heavy atom. The molecule has 2 nitrogen and oxygen atoms in total. The van der Waals surface area contributed by atoms with E-state index in [9.17, 15) is 9.90 Å². The van der Waals surface area contributed by atoms with E-state index in [1.807, 2.05) is 0 Å². The number of unbranched alkanes of at least 4 members (excludes halogenated alkanes) is 8. The molecule has 0 aliphatic heterocycles. The van der Waals surface area contributed by atoms with Gasteiger partial charge in [-0.2, -0.15) is 0 Å². The minimum absolute atomic E-state index is 0. The van der Waals surface area contributed by atoms with Gasteiger partial charge in [-0.25, -0.2) is 0 Å². The van der Waals surface area contributed by atoms with Crippen molar-refractivity contribution in [3.63, 3.8) is 0 Å². The van der Waals surface area contributed by atoms with E-state index in [2.05, 4.69) is 6.92 Å². The van der Waals surface area contributed by atoms with Crippen molar-refractivity contribution >= 4 is 5.97 Å². The summed E-state index contributed by atoms with van der Waals surface area (Å²) in [6, 6.07) is 0. The van der Waals surface area contributed by atoms with E-state index in [0.717, 1.165) is 12.8 Å². The number of carbonyl (C=O) groups is 1. The molecule has 0 aromatic carbocycles. The van der Waals surface area contributed by atoms with Crippen molar-refractivity contribution in [1.29, 1.82) is 0 Å². The standard InChI is InChI=1S/C12H24O2.HI.Zn/c1-2-3-4-5-6-7-8-9-10-11-12(13)14;;/h2-11H2,1H3,(H,13,14);1H;/q;;+2/p-2. The molecule has 0 saturated heterocycles.